The van der Waals surface area contributed by atoms with Crippen LogP contribution in [0.25, 0.3) is 0 Å². The topological polar surface area (TPSA) is 55.7 Å². The van der Waals surface area contributed by atoms with Gasteiger partial charge in [0.05, 0.1) is 25.9 Å². The molecule has 2 amide bonds. The molecule has 2 heterocycles. The second-order valence-electron chi connectivity index (χ2n) is 6.77. The molecule has 0 aliphatic carbocycles. The van der Waals surface area contributed by atoms with Crippen LogP contribution in [0.4, 0.5) is 10.5 Å². The number of nitrogens with one attached hydrogen (secondary N) is 1. The molecule has 0 spiro atoms. The Morgan fingerprint density at radius 1 is 1.07 bits per heavy atom. The van der Waals surface area contributed by atoms with E-state index in [0.29, 0.717) is 28.8 Å². The van der Waals surface area contributed by atoms with E-state index in [-0.39, 0.29) is 12.1 Å². The van der Waals surface area contributed by atoms with Gasteiger partial charge >= 0.3 is 6.03 Å². The number of anilines is 1. The van der Waals surface area contributed by atoms with E-state index in [2.05, 4.69) is 9.88 Å². The van der Waals surface area contributed by atoms with E-state index in [1.54, 1.807) is 32.4 Å². The van der Waals surface area contributed by atoms with E-state index >= 15 is 0 Å². The quantitative estimate of drug-likeness (QED) is 0.671. The summed E-state index contributed by atoms with van der Waals surface area (Å²) in [5.74, 6) is 1.20. The summed E-state index contributed by atoms with van der Waals surface area (Å²) in [4.78, 5) is 15.1. The number of hydrogen-bond donors (Lipinski definition) is 1. The molecular weight excluding hydrogens is 390 g/mol. The molecule has 7 heteroatoms. The van der Waals surface area contributed by atoms with Crippen LogP contribution in [0.15, 0.2) is 60.8 Å². The first-order valence-electron chi connectivity index (χ1n) is 9.31. The highest BCUT2D eigenvalue weighted by atomic mass is 35.5. The number of ether oxygens (including phenoxy) is 2. The Hall–Kier alpha value is -3.12. The van der Waals surface area contributed by atoms with E-state index in [1.807, 2.05) is 47.5 Å². The Morgan fingerprint density at radius 3 is 2.59 bits per heavy atom. The number of halogens is 1. The molecular formula is C22H22ClN3O3. The van der Waals surface area contributed by atoms with Gasteiger partial charge in [0.15, 0.2) is 0 Å². The zero-order valence-electron chi connectivity index (χ0n) is 16.3. The zero-order valence-corrected chi connectivity index (χ0v) is 17.0. The van der Waals surface area contributed by atoms with Gasteiger partial charge in [-0.1, -0.05) is 23.7 Å². The number of urea groups is 1. The number of methoxy groups -OCH3 is 2. The molecule has 4 rings (SSSR count). The molecule has 29 heavy (non-hydrogen) atoms. The van der Waals surface area contributed by atoms with Crippen molar-refractivity contribution in [2.45, 2.75) is 12.6 Å². The van der Waals surface area contributed by atoms with Crippen LogP contribution in [0, 0.1) is 0 Å². The minimum atomic E-state index is -0.208. The fraction of sp³-hybridized carbons (Fsp3) is 0.227. The number of hydrogen-bond acceptors (Lipinski definition) is 3. The maximum absolute atomic E-state index is 13.3. The Bertz CT molecular complexity index is 1020. The Balaban J connectivity index is 1.66. The Morgan fingerprint density at radius 2 is 1.86 bits per heavy atom. The summed E-state index contributed by atoms with van der Waals surface area (Å²) in [7, 11) is 3.15. The fourth-order valence-electron chi connectivity index (χ4n) is 3.69. The van der Waals surface area contributed by atoms with Gasteiger partial charge in [0, 0.05) is 36.1 Å². The lowest BCUT2D eigenvalue weighted by molar-refractivity contribution is 0.181. The SMILES string of the molecule is COc1ccc(NC(=O)N2CCn3cccc3C2c2ccc(Cl)cc2)c(OC)c1. The van der Waals surface area contributed by atoms with E-state index in [9.17, 15) is 4.79 Å². The first-order chi connectivity index (χ1) is 14.1. The molecule has 1 aromatic heterocycles. The van der Waals surface area contributed by atoms with Crippen molar-refractivity contribution in [3.63, 3.8) is 0 Å². The molecule has 0 saturated carbocycles. The Labute approximate surface area is 174 Å². The standard InChI is InChI=1S/C22H22ClN3O3/c1-28-17-9-10-18(20(14-17)29-2)24-22(27)26-13-12-25-11-3-4-19(25)21(26)15-5-7-16(23)8-6-15/h3-11,14,21H,12-13H2,1-2H3,(H,24,27). The predicted octanol–water partition coefficient (Wildman–Crippen LogP) is 4.80. The average Bonchev–Trinajstić information content (AvgIpc) is 3.23. The normalized spacial score (nSPS) is 15.6. The molecule has 1 N–H and O–H groups in total. The highest BCUT2D eigenvalue weighted by Crippen LogP contribution is 2.35. The summed E-state index contributed by atoms with van der Waals surface area (Å²) in [5, 5.41) is 3.65. The molecule has 1 atom stereocenters. The second kappa shape index (κ2) is 8.09. The van der Waals surface area contributed by atoms with Gasteiger partial charge in [0.25, 0.3) is 0 Å². The molecule has 1 unspecified atom stereocenters. The maximum atomic E-state index is 13.3. The predicted molar refractivity (Wildman–Crippen MR) is 113 cm³/mol. The van der Waals surface area contributed by atoms with Crippen molar-refractivity contribution < 1.29 is 14.3 Å². The molecule has 6 nitrogen and oxygen atoms in total. The molecule has 2 aromatic carbocycles. The molecule has 1 aliphatic heterocycles. The fourth-order valence-corrected chi connectivity index (χ4v) is 3.81. The molecule has 3 aromatic rings. The first-order valence-corrected chi connectivity index (χ1v) is 9.68. The van der Waals surface area contributed by atoms with Crippen LogP contribution in [0.2, 0.25) is 5.02 Å². The van der Waals surface area contributed by atoms with E-state index in [4.69, 9.17) is 21.1 Å². The average molecular weight is 412 g/mol. The molecule has 0 bridgehead atoms. The number of benzene rings is 2. The Kier molecular flexibility index (Phi) is 5.36. The molecule has 0 fully saturated rings. The lowest BCUT2D eigenvalue weighted by Gasteiger charge is -2.37. The van der Waals surface area contributed by atoms with Crippen LogP contribution < -0.4 is 14.8 Å². The van der Waals surface area contributed by atoms with Crippen LogP contribution in [0.1, 0.15) is 17.3 Å². The number of fused-ring (bicyclic) bond motifs is 1. The van der Waals surface area contributed by atoms with Crippen LogP contribution >= 0.6 is 11.6 Å². The van der Waals surface area contributed by atoms with Crippen LogP contribution in [0.3, 0.4) is 0 Å². The smallest absolute Gasteiger partial charge is 0.322 e. The van der Waals surface area contributed by atoms with E-state index in [0.717, 1.165) is 17.8 Å². The lowest BCUT2D eigenvalue weighted by atomic mass is 10.0. The van der Waals surface area contributed by atoms with Gasteiger partial charge < -0.3 is 24.3 Å². The number of carbonyl (C=O) groups is 1. The largest absolute Gasteiger partial charge is 0.497 e. The van der Waals surface area contributed by atoms with E-state index in [1.165, 1.54) is 0 Å². The van der Waals surface area contributed by atoms with Crippen LogP contribution in [-0.4, -0.2) is 36.3 Å². The van der Waals surface area contributed by atoms with Crippen LogP contribution in [-0.2, 0) is 6.54 Å². The summed E-state index contributed by atoms with van der Waals surface area (Å²) in [6.45, 7) is 1.32. The minimum Gasteiger partial charge on any atom is -0.497 e. The molecule has 1 aliphatic rings. The molecule has 150 valence electrons. The van der Waals surface area contributed by atoms with Gasteiger partial charge in [-0.2, -0.15) is 0 Å². The minimum absolute atomic E-state index is 0.194. The number of rotatable bonds is 4. The summed E-state index contributed by atoms with van der Waals surface area (Å²) < 4.78 is 12.8. The third-order valence-electron chi connectivity index (χ3n) is 5.14. The highest BCUT2D eigenvalue weighted by molar-refractivity contribution is 6.30. The second-order valence-corrected chi connectivity index (χ2v) is 7.21. The summed E-state index contributed by atoms with van der Waals surface area (Å²) in [6.07, 6.45) is 2.04. The molecule has 0 radical (unpaired) electrons. The van der Waals surface area contributed by atoms with Crippen molar-refractivity contribution >= 4 is 23.3 Å². The van der Waals surface area contributed by atoms with E-state index < -0.39 is 0 Å². The summed E-state index contributed by atoms with van der Waals surface area (Å²) >= 11 is 6.07. The van der Waals surface area contributed by atoms with Crippen molar-refractivity contribution in [3.8, 4) is 11.5 Å². The number of carbonyl (C=O) groups excluding carboxylic acids is 1. The number of aromatic nitrogens is 1. The number of nitrogens with zero attached hydrogens (tertiary/aromatic N) is 2. The molecule has 0 saturated heterocycles. The van der Waals surface area contributed by atoms with Gasteiger partial charge in [0.2, 0.25) is 0 Å². The monoisotopic (exact) mass is 411 g/mol. The maximum Gasteiger partial charge on any atom is 0.322 e. The van der Waals surface area contributed by atoms with Crippen molar-refractivity contribution in [2.24, 2.45) is 0 Å². The third kappa shape index (κ3) is 3.76. The first kappa shape index (κ1) is 19.2. The van der Waals surface area contributed by atoms with Crippen molar-refractivity contribution in [2.75, 3.05) is 26.1 Å². The van der Waals surface area contributed by atoms with Gasteiger partial charge in [0.1, 0.15) is 11.5 Å². The van der Waals surface area contributed by atoms with Gasteiger partial charge in [-0.15, -0.1) is 0 Å². The van der Waals surface area contributed by atoms with Crippen molar-refractivity contribution in [3.05, 3.63) is 77.1 Å². The van der Waals surface area contributed by atoms with Crippen molar-refractivity contribution in [1.82, 2.24) is 9.47 Å². The van der Waals surface area contributed by atoms with Gasteiger partial charge in [-0.25, -0.2) is 4.79 Å². The highest BCUT2D eigenvalue weighted by Gasteiger charge is 2.32. The lowest BCUT2D eigenvalue weighted by Crippen LogP contribution is -2.44. The van der Waals surface area contributed by atoms with Gasteiger partial charge in [-0.3, -0.25) is 0 Å². The summed E-state index contributed by atoms with van der Waals surface area (Å²) in [5.41, 5.74) is 2.66. The third-order valence-corrected chi connectivity index (χ3v) is 5.39. The van der Waals surface area contributed by atoms with Gasteiger partial charge in [-0.05, 0) is 42.0 Å². The number of amides is 2. The van der Waals surface area contributed by atoms with Crippen molar-refractivity contribution in [1.29, 1.82) is 0 Å². The van der Waals surface area contributed by atoms with Crippen LogP contribution in [0.5, 0.6) is 11.5 Å². The zero-order chi connectivity index (χ0) is 20.4. The summed E-state index contributed by atoms with van der Waals surface area (Å²) in [6, 6.07) is 16.6.